The molecule has 1 saturated heterocycles. The van der Waals surface area contributed by atoms with Gasteiger partial charge in [0.05, 0.1) is 0 Å². The molecule has 0 radical (unpaired) electrons. The van der Waals surface area contributed by atoms with E-state index in [2.05, 4.69) is 64.9 Å². The van der Waals surface area contributed by atoms with Gasteiger partial charge in [0.1, 0.15) is 0 Å². The lowest BCUT2D eigenvalue weighted by Crippen LogP contribution is -2.38. The highest BCUT2D eigenvalue weighted by molar-refractivity contribution is 9.10. The number of hydrogen-bond acceptors (Lipinski definition) is 3. The number of anilines is 1. The fraction of sp³-hybridized carbons (Fsp3) is 0.625. The molecule has 112 valence electrons. The van der Waals surface area contributed by atoms with Gasteiger partial charge in [0.15, 0.2) is 0 Å². The molecule has 1 fully saturated rings. The lowest BCUT2D eigenvalue weighted by atomic mass is 10.0. The van der Waals surface area contributed by atoms with Crippen LogP contribution in [0.25, 0.3) is 0 Å². The molecule has 0 spiro atoms. The third-order valence-electron chi connectivity index (χ3n) is 3.85. The van der Waals surface area contributed by atoms with Gasteiger partial charge in [-0.05, 0) is 64.0 Å². The number of rotatable bonds is 5. The topological polar surface area (TPSA) is 32.5 Å². The molecule has 4 heteroatoms. The average molecular weight is 340 g/mol. The summed E-state index contributed by atoms with van der Waals surface area (Å²) < 4.78 is 1.14. The van der Waals surface area contributed by atoms with E-state index >= 15 is 0 Å². The smallest absolute Gasteiger partial charge is 0.0417 e. The average Bonchev–Trinajstić information content (AvgIpc) is 2.75. The molecule has 2 atom stereocenters. The highest BCUT2D eigenvalue weighted by atomic mass is 79.9. The molecule has 0 saturated carbocycles. The Kier molecular flexibility index (Phi) is 5.47. The zero-order valence-electron chi connectivity index (χ0n) is 12.8. The Labute approximate surface area is 131 Å². The lowest BCUT2D eigenvalue weighted by Gasteiger charge is -2.31. The van der Waals surface area contributed by atoms with Gasteiger partial charge < -0.3 is 15.5 Å². The van der Waals surface area contributed by atoms with E-state index < -0.39 is 0 Å². The molecule has 1 aliphatic heterocycles. The van der Waals surface area contributed by atoms with E-state index in [-0.39, 0.29) is 6.04 Å². The van der Waals surface area contributed by atoms with Crippen LogP contribution in [0.4, 0.5) is 5.69 Å². The van der Waals surface area contributed by atoms with Gasteiger partial charge in [-0.2, -0.15) is 0 Å². The number of likely N-dealkylation sites (N-methyl/N-ethyl adjacent to an activating group) is 1. The fourth-order valence-electron chi connectivity index (χ4n) is 3.11. The third-order valence-corrected chi connectivity index (χ3v) is 4.34. The normalized spacial score (nSPS) is 20.7. The Morgan fingerprint density at radius 2 is 2.20 bits per heavy atom. The quantitative estimate of drug-likeness (QED) is 0.895. The molecule has 1 aromatic rings. The Morgan fingerprint density at radius 3 is 2.85 bits per heavy atom. The molecule has 3 nitrogen and oxygen atoms in total. The van der Waals surface area contributed by atoms with Crippen LogP contribution in [0.15, 0.2) is 22.7 Å². The Hall–Kier alpha value is -0.580. The van der Waals surface area contributed by atoms with Crippen molar-refractivity contribution in [1.82, 2.24) is 4.90 Å². The van der Waals surface area contributed by atoms with Crippen LogP contribution in [0.2, 0.25) is 0 Å². The first kappa shape index (κ1) is 15.8. The minimum atomic E-state index is 0.193. The molecule has 0 aliphatic carbocycles. The summed E-state index contributed by atoms with van der Waals surface area (Å²) in [5.41, 5.74) is 8.75. The van der Waals surface area contributed by atoms with Crippen LogP contribution >= 0.6 is 15.9 Å². The summed E-state index contributed by atoms with van der Waals surface area (Å²) in [5, 5.41) is 0. The molecule has 1 heterocycles. The molecular weight excluding hydrogens is 314 g/mol. The standard InChI is InChI=1S/C16H26BrN3/c1-12(18)9-13-10-14(17)6-7-16(13)20-8-4-5-15(20)11-19(2)3/h6-7,10,12,15H,4-5,8-9,11,18H2,1-3H3. The van der Waals surface area contributed by atoms with E-state index in [4.69, 9.17) is 5.73 Å². The largest absolute Gasteiger partial charge is 0.367 e. The first-order chi connectivity index (χ1) is 9.47. The first-order valence-corrected chi connectivity index (χ1v) is 8.22. The molecule has 2 unspecified atom stereocenters. The molecule has 0 amide bonds. The van der Waals surface area contributed by atoms with Gasteiger partial charge in [-0.1, -0.05) is 15.9 Å². The van der Waals surface area contributed by atoms with Crippen LogP contribution in [0.5, 0.6) is 0 Å². The highest BCUT2D eigenvalue weighted by Crippen LogP contribution is 2.31. The molecular formula is C16H26BrN3. The van der Waals surface area contributed by atoms with Crippen molar-refractivity contribution in [3.8, 4) is 0 Å². The van der Waals surface area contributed by atoms with Gasteiger partial charge in [0.2, 0.25) is 0 Å². The summed E-state index contributed by atoms with van der Waals surface area (Å²) in [4.78, 5) is 4.86. The van der Waals surface area contributed by atoms with Crippen molar-refractivity contribution in [2.75, 3.05) is 32.1 Å². The molecule has 1 aliphatic rings. The summed E-state index contributed by atoms with van der Waals surface area (Å²) in [6, 6.07) is 7.43. The number of nitrogens with zero attached hydrogens (tertiary/aromatic N) is 2. The van der Waals surface area contributed by atoms with Crippen molar-refractivity contribution in [3.05, 3.63) is 28.2 Å². The number of benzene rings is 1. The minimum Gasteiger partial charge on any atom is -0.367 e. The van der Waals surface area contributed by atoms with Crippen molar-refractivity contribution >= 4 is 21.6 Å². The van der Waals surface area contributed by atoms with Crippen LogP contribution in [-0.2, 0) is 6.42 Å². The second-order valence-corrected chi connectivity index (χ2v) is 7.12. The van der Waals surface area contributed by atoms with Crippen LogP contribution in [-0.4, -0.2) is 44.2 Å². The second kappa shape index (κ2) is 6.92. The summed E-state index contributed by atoms with van der Waals surface area (Å²) in [5.74, 6) is 0. The zero-order chi connectivity index (χ0) is 14.7. The van der Waals surface area contributed by atoms with E-state index in [9.17, 15) is 0 Å². The van der Waals surface area contributed by atoms with Gasteiger partial charge in [-0.25, -0.2) is 0 Å². The second-order valence-electron chi connectivity index (χ2n) is 6.21. The van der Waals surface area contributed by atoms with Gasteiger partial charge >= 0.3 is 0 Å². The molecule has 2 rings (SSSR count). The number of hydrogen-bond donors (Lipinski definition) is 1. The molecule has 2 N–H and O–H groups in total. The summed E-state index contributed by atoms with van der Waals surface area (Å²) in [6.45, 7) is 4.35. The molecule has 20 heavy (non-hydrogen) atoms. The van der Waals surface area contributed by atoms with Gasteiger partial charge in [-0.3, -0.25) is 0 Å². The van der Waals surface area contributed by atoms with Crippen LogP contribution in [0.3, 0.4) is 0 Å². The highest BCUT2D eigenvalue weighted by Gasteiger charge is 2.26. The fourth-order valence-corrected chi connectivity index (χ4v) is 3.52. The van der Waals surface area contributed by atoms with E-state index in [0.717, 1.165) is 24.0 Å². The molecule has 0 bridgehead atoms. The molecule has 0 aromatic heterocycles. The Bertz CT molecular complexity index is 445. The van der Waals surface area contributed by atoms with Crippen LogP contribution in [0, 0.1) is 0 Å². The van der Waals surface area contributed by atoms with E-state index in [0.29, 0.717) is 6.04 Å². The maximum Gasteiger partial charge on any atom is 0.0417 e. The van der Waals surface area contributed by atoms with Crippen molar-refractivity contribution in [3.63, 3.8) is 0 Å². The maximum atomic E-state index is 6.02. The SMILES string of the molecule is CC(N)Cc1cc(Br)ccc1N1CCCC1CN(C)C. The summed E-state index contributed by atoms with van der Waals surface area (Å²) in [6.07, 6.45) is 3.50. The maximum absolute atomic E-state index is 6.02. The van der Waals surface area contributed by atoms with Crippen LogP contribution in [0.1, 0.15) is 25.3 Å². The van der Waals surface area contributed by atoms with E-state index in [1.807, 2.05) is 0 Å². The minimum absolute atomic E-state index is 0.193. The predicted octanol–water partition coefficient (Wildman–Crippen LogP) is 2.87. The van der Waals surface area contributed by atoms with Crippen molar-refractivity contribution < 1.29 is 0 Å². The lowest BCUT2D eigenvalue weighted by molar-refractivity contribution is 0.372. The third kappa shape index (κ3) is 3.96. The zero-order valence-corrected chi connectivity index (χ0v) is 14.4. The molecule has 1 aromatic carbocycles. The Morgan fingerprint density at radius 1 is 1.45 bits per heavy atom. The monoisotopic (exact) mass is 339 g/mol. The van der Waals surface area contributed by atoms with E-state index in [1.165, 1.54) is 24.1 Å². The van der Waals surface area contributed by atoms with Crippen LogP contribution < -0.4 is 10.6 Å². The number of nitrogens with two attached hydrogens (primary N) is 1. The van der Waals surface area contributed by atoms with E-state index in [1.54, 1.807) is 0 Å². The summed E-state index contributed by atoms with van der Waals surface area (Å²) in [7, 11) is 4.31. The first-order valence-electron chi connectivity index (χ1n) is 7.42. The number of halogens is 1. The van der Waals surface area contributed by atoms with Gasteiger partial charge in [0, 0.05) is 35.3 Å². The Balaban J connectivity index is 2.26. The van der Waals surface area contributed by atoms with Gasteiger partial charge in [-0.15, -0.1) is 0 Å². The van der Waals surface area contributed by atoms with Crippen molar-refractivity contribution in [2.45, 2.75) is 38.3 Å². The summed E-state index contributed by atoms with van der Waals surface area (Å²) >= 11 is 3.58. The van der Waals surface area contributed by atoms with Crippen molar-refractivity contribution in [2.24, 2.45) is 5.73 Å². The van der Waals surface area contributed by atoms with Crippen molar-refractivity contribution in [1.29, 1.82) is 0 Å². The predicted molar refractivity (Wildman–Crippen MR) is 90.4 cm³/mol. The van der Waals surface area contributed by atoms with Gasteiger partial charge in [0.25, 0.3) is 0 Å².